The Hall–Kier alpha value is -1.50. The van der Waals surface area contributed by atoms with Gasteiger partial charge < -0.3 is 15.8 Å². The lowest BCUT2D eigenvalue weighted by atomic mass is 9.86. The first-order valence-electron chi connectivity index (χ1n) is 8.43. The molecule has 0 unspecified atom stereocenters. The Bertz CT molecular complexity index is 593. The molecule has 6 heteroatoms. The molecule has 0 radical (unpaired) electrons. The van der Waals surface area contributed by atoms with Gasteiger partial charge in [-0.1, -0.05) is 19.9 Å². The van der Waals surface area contributed by atoms with E-state index >= 15 is 0 Å². The van der Waals surface area contributed by atoms with Crippen LogP contribution < -0.4 is 11.1 Å². The van der Waals surface area contributed by atoms with Crippen LogP contribution in [0.5, 0.6) is 0 Å². The highest BCUT2D eigenvalue weighted by Crippen LogP contribution is 2.26. The number of amides is 1. The average Bonchev–Trinajstić information content (AvgIpc) is 3.08. The second-order valence-corrected chi connectivity index (χ2v) is 7.07. The molecule has 1 amide bonds. The number of Topliss-reactive ketones (excluding diaryl/α,β-unsaturated/α-hetero) is 1. The molecule has 0 saturated carbocycles. The molecular formula is C18H26N2O3S. The van der Waals surface area contributed by atoms with Crippen molar-refractivity contribution in [3.8, 4) is 0 Å². The van der Waals surface area contributed by atoms with Crippen molar-refractivity contribution in [2.45, 2.75) is 64.3 Å². The Morgan fingerprint density at radius 1 is 1.42 bits per heavy atom. The van der Waals surface area contributed by atoms with Gasteiger partial charge in [0.15, 0.2) is 5.78 Å². The van der Waals surface area contributed by atoms with E-state index in [1.165, 1.54) is 18.3 Å². The maximum Gasteiger partial charge on any atom is 0.217 e. The van der Waals surface area contributed by atoms with Gasteiger partial charge in [0.1, 0.15) is 0 Å². The van der Waals surface area contributed by atoms with Crippen LogP contribution in [0.2, 0.25) is 0 Å². The van der Waals surface area contributed by atoms with E-state index < -0.39 is 0 Å². The van der Waals surface area contributed by atoms with E-state index in [0.717, 1.165) is 12.8 Å². The summed E-state index contributed by atoms with van der Waals surface area (Å²) in [6.07, 6.45) is 3.76. The van der Waals surface area contributed by atoms with E-state index in [-0.39, 0.29) is 36.0 Å². The maximum absolute atomic E-state index is 12.7. The number of carbonyl (C=O) groups excluding carboxylic acids is 2. The largest absolute Gasteiger partial charge is 0.369 e. The van der Waals surface area contributed by atoms with Crippen LogP contribution in [0.1, 0.15) is 49.7 Å². The second kappa shape index (κ2) is 8.55. The van der Waals surface area contributed by atoms with Gasteiger partial charge in [0.25, 0.3) is 0 Å². The van der Waals surface area contributed by atoms with Crippen LogP contribution in [-0.2, 0) is 9.53 Å². The Kier molecular flexibility index (Phi) is 6.71. The summed E-state index contributed by atoms with van der Waals surface area (Å²) in [6.45, 7) is 5.59. The predicted octanol–water partition coefficient (Wildman–Crippen LogP) is 2.67. The third kappa shape index (κ3) is 4.53. The summed E-state index contributed by atoms with van der Waals surface area (Å²) >= 11 is 1.41. The van der Waals surface area contributed by atoms with Crippen molar-refractivity contribution >= 4 is 23.0 Å². The molecule has 0 aliphatic heterocycles. The van der Waals surface area contributed by atoms with Crippen molar-refractivity contribution in [3.63, 3.8) is 0 Å². The normalized spacial score (nSPS) is 23.9. The van der Waals surface area contributed by atoms with Gasteiger partial charge in [-0.05, 0) is 36.8 Å². The molecule has 24 heavy (non-hydrogen) atoms. The molecule has 2 rings (SSSR count). The van der Waals surface area contributed by atoms with Crippen LogP contribution in [0, 0.1) is 0 Å². The molecule has 5 nitrogen and oxygen atoms in total. The number of nitrogens with one attached hydrogen (secondary N) is 1. The van der Waals surface area contributed by atoms with Crippen LogP contribution in [0.3, 0.4) is 0 Å². The zero-order chi connectivity index (χ0) is 17.7. The lowest BCUT2D eigenvalue weighted by Crippen LogP contribution is -2.56. The van der Waals surface area contributed by atoms with Crippen LogP contribution in [0.25, 0.3) is 0 Å². The van der Waals surface area contributed by atoms with E-state index in [4.69, 9.17) is 10.5 Å². The third-order valence-electron chi connectivity index (χ3n) is 4.33. The molecule has 0 fully saturated rings. The number of hydrogen-bond donors (Lipinski definition) is 2. The standard InChI is InChI=1S/C18H26N2O3S/c1-4-13(5-2)23-15-10-12(18(22)16-7-6-8-24-16)9-14(17(15)19)20-11(3)21/h6-8,10,13-15,17H,4-5,9,19H2,1-3H3,(H,20,21)/t14-,15+,17+/m0/s1. The van der Waals surface area contributed by atoms with Crippen molar-refractivity contribution in [1.82, 2.24) is 5.32 Å². The highest BCUT2D eigenvalue weighted by atomic mass is 32.1. The molecule has 0 saturated heterocycles. The summed E-state index contributed by atoms with van der Waals surface area (Å²) in [5.41, 5.74) is 6.98. The van der Waals surface area contributed by atoms with Crippen LogP contribution in [0.4, 0.5) is 0 Å². The molecule has 1 aliphatic carbocycles. The van der Waals surface area contributed by atoms with Gasteiger partial charge in [-0.3, -0.25) is 9.59 Å². The van der Waals surface area contributed by atoms with E-state index in [1.54, 1.807) is 0 Å². The first kappa shape index (κ1) is 18.8. The third-order valence-corrected chi connectivity index (χ3v) is 5.20. The van der Waals surface area contributed by atoms with E-state index in [9.17, 15) is 9.59 Å². The number of thiophene rings is 1. The summed E-state index contributed by atoms with van der Waals surface area (Å²) in [6, 6.07) is 3.00. The van der Waals surface area contributed by atoms with Crippen molar-refractivity contribution in [3.05, 3.63) is 34.0 Å². The summed E-state index contributed by atoms with van der Waals surface area (Å²) in [5.74, 6) is -0.160. The van der Waals surface area contributed by atoms with E-state index in [1.807, 2.05) is 23.6 Å². The maximum atomic E-state index is 12.7. The zero-order valence-corrected chi connectivity index (χ0v) is 15.3. The van der Waals surface area contributed by atoms with Crippen molar-refractivity contribution in [2.75, 3.05) is 0 Å². The predicted molar refractivity (Wildman–Crippen MR) is 96.2 cm³/mol. The average molecular weight is 350 g/mol. The fourth-order valence-electron chi connectivity index (χ4n) is 2.96. The minimum absolute atomic E-state index is 0.00889. The molecule has 132 valence electrons. The molecule has 3 N–H and O–H groups in total. The van der Waals surface area contributed by atoms with Gasteiger partial charge in [0.2, 0.25) is 5.91 Å². The molecule has 1 aromatic heterocycles. The Morgan fingerprint density at radius 2 is 2.12 bits per heavy atom. The van der Waals surface area contributed by atoms with Gasteiger partial charge in [-0.25, -0.2) is 0 Å². The van der Waals surface area contributed by atoms with Crippen LogP contribution in [-0.4, -0.2) is 36.0 Å². The summed E-state index contributed by atoms with van der Waals surface area (Å²) in [5, 5.41) is 4.75. The second-order valence-electron chi connectivity index (χ2n) is 6.13. The van der Waals surface area contributed by atoms with Crippen molar-refractivity contribution < 1.29 is 14.3 Å². The van der Waals surface area contributed by atoms with Gasteiger partial charge >= 0.3 is 0 Å². The first-order valence-corrected chi connectivity index (χ1v) is 9.31. The summed E-state index contributed by atoms with van der Waals surface area (Å²) in [4.78, 5) is 24.9. The highest BCUT2D eigenvalue weighted by Gasteiger charge is 2.35. The quantitative estimate of drug-likeness (QED) is 0.741. The SMILES string of the molecule is CCC(CC)O[C@@H]1C=C(C(=O)c2cccs2)C[C@H](NC(C)=O)[C@H]1N. The smallest absolute Gasteiger partial charge is 0.217 e. The Labute approximate surface area is 147 Å². The molecule has 1 aliphatic rings. The Morgan fingerprint density at radius 3 is 2.67 bits per heavy atom. The van der Waals surface area contributed by atoms with Crippen molar-refractivity contribution in [1.29, 1.82) is 0 Å². The zero-order valence-electron chi connectivity index (χ0n) is 14.5. The minimum Gasteiger partial charge on any atom is -0.369 e. The highest BCUT2D eigenvalue weighted by molar-refractivity contribution is 7.12. The lowest BCUT2D eigenvalue weighted by Gasteiger charge is -2.36. The van der Waals surface area contributed by atoms with E-state index in [2.05, 4.69) is 19.2 Å². The number of carbonyl (C=O) groups is 2. The molecule has 3 atom stereocenters. The topological polar surface area (TPSA) is 81.4 Å². The van der Waals surface area contributed by atoms with Gasteiger partial charge in [-0.15, -0.1) is 11.3 Å². The Balaban J connectivity index is 2.26. The minimum atomic E-state index is -0.376. The number of nitrogens with two attached hydrogens (primary N) is 1. The van der Waals surface area contributed by atoms with Crippen LogP contribution in [0.15, 0.2) is 29.2 Å². The fraction of sp³-hybridized carbons (Fsp3) is 0.556. The molecular weight excluding hydrogens is 324 g/mol. The van der Waals surface area contributed by atoms with E-state index in [0.29, 0.717) is 16.9 Å². The molecule has 1 aromatic rings. The van der Waals surface area contributed by atoms with Crippen molar-refractivity contribution in [2.24, 2.45) is 5.73 Å². The summed E-state index contributed by atoms with van der Waals surface area (Å²) in [7, 11) is 0. The van der Waals surface area contributed by atoms with Crippen LogP contribution >= 0.6 is 11.3 Å². The lowest BCUT2D eigenvalue weighted by molar-refractivity contribution is -0.120. The molecule has 0 aromatic carbocycles. The molecule has 1 heterocycles. The van der Waals surface area contributed by atoms with Gasteiger partial charge in [-0.2, -0.15) is 0 Å². The monoisotopic (exact) mass is 350 g/mol. The number of rotatable bonds is 7. The number of ketones is 1. The molecule has 0 bridgehead atoms. The number of ether oxygens (including phenoxy) is 1. The first-order chi connectivity index (χ1) is 11.5. The van der Waals surface area contributed by atoms with Gasteiger partial charge in [0, 0.05) is 12.5 Å². The number of hydrogen-bond acceptors (Lipinski definition) is 5. The molecule has 0 spiro atoms. The fourth-order valence-corrected chi connectivity index (χ4v) is 3.65. The summed E-state index contributed by atoms with van der Waals surface area (Å²) < 4.78 is 6.11. The van der Waals surface area contributed by atoms with Gasteiger partial charge in [0.05, 0.1) is 29.2 Å².